The van der Waals surface area contributed by atoms with Crippen LogP contribution in [0.15, 0.2) is 23.2 Å². The molecular weight excluding hydrogens is 234 g/mol. The number of nitrogens with zero attached hydrogens (tertiary/aromatic N) is 3. The minimum atomic E-state index is 0.153. The Labute approximate surface area is 105 Å². The number of pyridine rings is 1. The Morgan fingerprint density at radius 3 is 3.00 bits per heavy atom. The van der Waals surface area contributed by atoms with Gasteiger partial charge in [-0.3, -0.25) is 4.79 Å². The maximum atomic E-state index is 11.8. The largest absolute Gasteiger partial charge is 0.342 e. The van der Waals surface area contributed by atoms with Crippen LogP contribution in [0.5, 0.6) is 0 Å². The van der Waals surface area contributed by atoms with Crippen LogP contribution < -0.4 is 0 Å². The summed E-state index contributed by atoms with van der Waals surface area (Å²) in [7, 11) is 0. The second-order valence-electron chi connectivity index (χ2n) is 3.84. The summed E-state index contributed by atoms with van der Waals surface area (Å²) in [6.07, 6.45) is 3.80. The highest BCUT2D eigenvalue weighted by molar-refractivity contribution is 8.00. The van der Waals surface area contributed by atoms with Crippen molar-refractivity contribution in [3.05, 3.63) is 24.0 Å². The molecule has 0 N–H and O–H groups in total. The van der Waals surface area contributed by atoms with Gasteiger partial charge in [-0.15, -0.1) is 11.8 Å². The molecule has 0 saturated carbocycles. The highest BCUT2D eigenvalue weighted by Crippen LogP contribution is 2.21. The Bertz CT molecular complexity index is 449. The minimum Gasteiger partial charge on any atom is -0.342 e. The molecule has 17 heavy (non-hydrogen) atoms. The molecule has 0 bridgehead atoms. The van der Waals surface area contributed by atoms with E-state index in [-0.39, 0.29) is 5.91 Å². The molecule has 0 atom stereocenters. The van der Waals surface area contributed by atoms with Gasteiger partial charge in [0.25, 0.3) is 0 Å². The molecule has 0 aromatic carbocycles. The van der Waals surface area contributed by atoms with Crippen molar-refractivity contribution in [3.8, 4) is 6.07 Å². The standard InChI is InChI=1S/C12H13N3OS/c13-8-10-11(4-3-5-14-10)17-9-12(16)15-6-1-2-7-15/h3-5H,1-2,6-7,9H2. The number of carbonyl (C=O) groups is 1. The van der Waals surface area contributed by atoms with Crippen molar-refractivity contribution in [1.82, 2.24) is 9.88 Å². The molecular formula is C12H13N3OS. The fraction of sp³-hybridized carbons (Fsp3) is 0.417. The van der Waals surface area contributed by atoms with Gasteiger partial charge in [-0.2, -0.15) is 5.26 Å². The predicted octanol–water partition coefficient (Wildman–Crippen LogP) is 1.67. The van der Waals surface area contributed by atoms with Crippen molar-refractivity contribution < 1.29 is 4.79 Å². The van der Waals surface area contributed by atoms with Gasteiger partial charge in [0, 0.05) is 24.2 Å². The zero-order valence-electron chi connectivity index (χ0n) is 9.43. The lowest BCUT2D eigenvalue weighted by atomic mass is 10.4. The molecule has 1 aliphatic rings. The Morgan fingerprint density at radius 2 is 2.29 bits per heavy atom. The van der Waals surface area contributed by atoms with E-state index in [2.05, 4.69) is 4.98 Å². The third-order valence-corrected chi connectivity index (χ3v) is 3.72. The quantitative estimate of drug-likeness (QED) is 0.762. The SMILES string of the molecule is N#Cc1ncccc1SCC(=O)N1CCCC1. The molecule has 0 spiro atoms. The zero-order valence-corrected chi connectivity index (χ0v) is 10.2. The van der Waals surface area contributed by atoms with Crippen molar-refractivity contribution in [2.75, 3.05) is 18.8 Å². The summed E-state index contributed by atoms with van der Waals surface area (Å²) >= 11 is 1.39. The van der Waals surface area contributed by atoms with E-state index >= 15 is 0 Å². The first-order valence-electron chi connectivity index (χ1n) is 5.57. The van der Waals surface area contributed by atoms with Crippen LogP contribution in [0.4, 0.5) is 0 Å². The molecule has 1 aromatic heterocycles. The van der Waals surface area contributed by atoms with Gasteiger partial charge in [-0.25, -0.2) is 4.98 Å². The van der Waals surface area contributed by atoms with Crippen LogP contribution in [0.3, 0.4) is 0 Å². The summed E-state index contributed by atoms with van der Waals surface area (Å²) in [6, 6.07) is 5.64. The van der Waals surface area contributed by atoms with Crippen molar-refractivity contribution in [1.29, 1.82) is 5.26 Å². The van der Waals surface area contributed by atoms with Gasteiger partial charge < -0.3 is 4.90 Å². The average molecular weight is 247 g/mol. The van der Waals surface area contributed by atoms with E-state index in [0.29, 0.717) is 11.4 Å². The van der Waals surface area contributed by atoms with E-state index in [0.717, 1.165) is 30.8 Å². The lowest BCUT2D eigenvalue weighted by Gasteiger charge is -2.14. The van der Waals surface area contributed by atoms with Crippen molar-refractivity contribution in [2.24, 2.45) is 0 Å². The summed E-state index contributed by atoms with van der Waals surface area (Å²) in [5, 5.41) is 8.87. The van der Waals surface area contributed by atoms with E-state index in [1.165, 1.54) is 11.8 Å². The van der Waals surface area contributed by atoms with Gasteiger partial charge in [0.15, 0.2) is 5.69 Å². The number of likely N-dealkylation sites (tertiary alicyclic amines) is 1. The van der Waals surface area contributed by atoms with Crippen LogP contribution in [0, 0.1) is 11.3 Å². The Hall–Kier alpha value is -1.54. The fourth-order valence-corrected chi connectivity index (χ4v) is 2.66. The number of amides is 1. The maximum absolute atomic E-state index is 11.8. The molecule has 4 nitrogen and oxygen atoms in total. The minimum absolute atomic E-state index is 0.153. The molecule has 88 valence electrons. The number of carbonyl (C=O) groups excluding carboxylic acids is 1. The lowest BCUT2D eigenvalue weighted by Crippen LogP contribution is -2.29. The molecule has 0 aliphatic carbocycles. The summed E-state index contributed by atoms with van der Waals surface area (Å²) < 4.78 is 0. The summed E-state index contributed by atoms with van der Waals surface area (Å²) in [5.41, 5.74) is 0.395. The molecule has 0 unspecified atom stereocenters. The molecule has 1 saturated heterocycles. The van der Waals surface area contributed by atoms with Crippen LogP contribution in [0.1, 0.15) is 18.5 Å². The third kappa shape index (κ3) is 2.98. The van der Waals surface area contributed by atoms with Crippen LogP contribution in [0.2, 0.25) is 0 Å². The Balaban J connectivity index is 1.93. The maximum Gasteiger partial charge on any atom is 0.232 e. The number of rotatable bonds is 3. The number of thioether (sulfide) groups is 1. The molecule has 1 fully saturated rings. The molecule has 5 heteroatoms. The molecule has 2 rings (SSSR count). The first-order chi connectivity index (χ1) is 8.31. The van der Waals surface area contributed by atoms with Gasteiger partial charge >= 0.3 is 0 Å². The second kappa shape index (κ2) is 5.69. The average Bonchev–Trinajstić information content (AvgIpc) is 2.90. The lowest BCUT2D eigenvalue weighted by molar-refractivity contribution is -0.127. The summed E-state index contributed by atoms with van der Waals surface area (Å²) in [5.74, 6) is 0.542. The highest BCUT2D eigenvalue weighted by Gasteiger charge is 2.18. The van der Waals surface area contributed by atoms with Crippen LogP contribution in [0.25, 0.3) is 0 Å². The first-order valence-corrected chi connectivity index (χ1v) is 6.55. The van der Waals surface area contributed by atoms with E-state index < -0.39 is 0 Å². The van der Waals surface area contributed by atoms with E-state index in [9.17, 15) is 4.79 Å². The highest BCUT2D eigenvalue weighted by atomic mass is 32.2. The fourth-order valence-electron chi connectivity index (χ4n) is 1.79. The van der Waals surface area contributed by atoms with Crippen LogP contribution >= 0.6 is 11.8 Å². The predicted molar refractivity (Wildman–Crippen MR) is 65.5 cm³/mol. The summed E-state index contributed by atoms with van der Waals surface area (Å²) in [6.45, 7) is 1.75. The van der Waals surface area contributed by atoms with Gasteiger partial charge in [0.05, 0.1) is 5.75 Å². The molecule has 0 radical (unpaired) electrons. The smallest absolute Gasteiger partial charge is 0.232 e. The van der Waals surface area contributed by atoms with Crippen molar-refractivity contribution in [3.63, 3.8) is 0 Å². The van der Waals surface area contributed by atoms with Gasteiger partial charge in [0.1, 0.15) is 6.07 Å². The number of aromatic nitrogens is 1. The molecule has 1 amide bonds. The second-order valence-corrected chi connectivity index (χ2v) is 4.86. The zero-order chi connectivity index (χ0) is 12.1. The Morgan fingerprint density at radius 1 is 1.53 bits per heavy atom. The van der Waals surface area contributed by atoms with E-state index in [1.807, 2.05) is 17.0 Å². The van der Waals surface area contributed by atoms with E-state index in [4.69, 9.17) is 5.26 Å². The topological polar surface area (TPSA) is 57.0 Å². The van der Waals surface area contributed by atoms with Crippen molar-refractivity contribution in [2.45, 2.75) is 17.7 Å². The Kier molecular flexibility index (Phi) is 3.99. The van der Waals surface area contributed by atoms with Crippen LogP contribution in [-0.2, 0) is 4.79 Å². The first kappa shape index (κ1) is 11.9. The van der Waals surface area contributed by atoms with Crippen LogP contribution in [-0.4, -0.2) is 34.6 Å². The normalized spacial score (nSPS) is 14.6. The molecule has 1 aliphatic heterocycles. The van der Waals surface area contributed by atoms with E-state index in [1.54, 1.807) is 12.3 Å². The monoisotopic (exact) mass is 247 g/mol. The summed E-state index contributed by atoms with van der Waals surface area (Å²) in [4.78, 5) is 18.5. The van der Waals surface area contributed by atoms with Crippen molar-refractivity contribution >= 4 is 17.7 Å². The van der Waals surface area contributed by atoms with Gasteiger partial charge in [-0.1, -0.05) is 0 Å². The number of nitriles is 1. The molecule has 1 aromatic rings. The molecule has 2 heterocycles. The van der Waals surface area contributed by atoms with Gasteiger partial charge in [-0.05, 0) is 25.0 Å². The number of hydrogen-bond acceptors (Lipinski definition) is 4. The van der Waals surface area contributed by atoms with Gasteiger partial charge in [0.2, 0.25) is 5.91 Å². The number of hydrogen-bond donors (Lipinski definition) is 0. The third-order valence-electron chi connectivity index (χ3n) is 2.69.